The summed E-state index contributed by atoms with van der Waals surface area (Å²) in [6.45, 7) is 1.66. The van der Waals surface area contributed by atoms with Crippen molar-refractivity contribution in [3.05, 3.63) is 96.6 Å². The number of hydrogen-bond acceptors (Lipinski definition) is 5. The van der Waals surface area contributed by atoms with Crippen LogP contribution in [0.4, 0.5) is 0 Å². The summed E-state index contributed by atoms with van der Waals surface area (Å²) in [7, 11) is -3.92. The lowest BCUT2D eigenvalue weighted by Crippen LogP contribution is -2.35. The van der Waals surface area contributed by atoms with Gasteiger partial charge in [-0.3, -0.25) is 4.79 Å². The molecule has 7 heteroatoms. The molecule has 150 valence electrons. The second-order valence-electron chi connectivity index (χ2n) is 6.25. The molecule has 0 aliphatic heterocycles. The summed E-state index contributed by atoms with van der Waals surface area (Å²) in [6, 6.07) is 25.6. The zero-order chi connectivity index (χ0) is 20.5. The molecule has 0 fully saturated rings. The molecule has 6 nitrogen and oxygen atoms in total. The number of carbonyl (C=O) groups excluding carboxylic acids is 1. The van der Waals surface area contributed by atoms with E-state index in [9.17, 15) is 9.36 Å². The van der Waals surface area contributed by atoms with Gasteiger partial charge in [0.05, 0.1) is 0 Å². The van der Waals surface area contributed by atoms with Crippen molar-refractivity contribution in [1.82, 2.24) is 5.09 Å². The molecular weight excluding hydrogens is 389 g/mol. The SMILES string of the molecule is CC(NP(=O)(Oc1ccccc1)Oc1ccccc1)C(=O)OCc1ccccc1. The van der Waals surface area contributed by atoms with Gasteiger partial charge in [0.15, 0.2) is 0 Å². The topological polar surface area (TPSA) is 73.9 Å². The standard InChI is InChI=1S/C22H22NO5P/c1-18(22(24)26-17-19-11-5-2-6-12-19)23-29(25,27-20-13-7-3-8-14-20)28-21-15-9-4-10-16-21/h2-16,18H,17H2,1H3,(H,23,25). The van der Waals surface area contributed by atoms with E-state index in [2.05, 4.69) is 5.09 Å². The third-order valence-electron chi connectivity index (χ3n) is 3.87. The maximum Gasteiger partial charge on any atom is 0.513 e. The molecule has 0 spiro atoms. The molecule has 3 rings (SSSR count). The van der Waals surface area contributed by atoms with Crippen LogP contribution < -0.4 is 14.1 Å². The Balaban J connectivity index is 1.69. The van der Waals surface area contributed by atoms with Crippen molar-refractivity contribution >= 4 is 13.7 Å². The van der Waals surface area contributed by atoms with Crippen molar-refractivity contribution in [3.8, 4) is 11.5 Å². The van der Waals surface area contributed by atoms with Crippen LogP contribution in [0.5, 0.6) is 11.5 Å². The van der Waals surface area contributed by atoms with E-state index >= 15 is 0 Å². The molecule has 0 heterocycles. The number of carbonyl (C=O) groups is 1. The molecule has 0 aromatic heterocycles. The van der Waals surface area contributed by atoms with Crippen molar-refractivity contribution in [2.45, 2.75) is 19.6 Å². The highest BCUT2D eigenvalue weighted by Gasteiger charge is 2.33. The Labute approximate surface area is 170 Å². The highest BCUT2D eigenvalue weighted by Crippen LogP contribution is 2.45. The summed E-state index contributed by atoms with van der Waals surface area (Å²) >= 11 is 0. The lowest BCUT2D eigenvalue weighted by molar-refractivity contribution is -0.146. The van der Waals surface area contributed by atoms with E-state index in [4.69, 9.17) is 13.8 Å². The van der Waals surface area contributed by atoms with E-state index in [1.165, 1.54) is 0 Å². The molecule has 0 radical (unpaired) electrons. The van der Waals surface area contributed by atoms with Crippen LogP contribution in [0, 0.1) is 0 Å². The smallest absolute Gasteiger partial charge is 0.460 e. The summed E-state index contributed by atoms with van der Waals surface area (Å²) in [5.41, 5.74) is 0.859. The van der Waals surface area contributed by atoms with Gasteiger partial charge in [0, 0.05) is 0 Å². The van der Waals surface area contributed by atoms with Crippen LogP contribution in [-0.4, -0.2) is 12.0 Å². The highest BCUT2D eigenvalue weighted by molar-refractivity contribution is 7.52. The van der Waals surface area contributed by atoms with Crippen molar-refractivity contribution in [2.24, 2.45) is 0 Å². The lowest BCUT2D eigenvalue weighted by Gasteiger charge is -2.23. The zero-order valence-corrected chi connectivity index (χ0v) is 16.8. The molecule has 3 aromatic rings. The Morgan fingerprint density at radius 3 is 1.76 bits per heavy atom. The van der Waals surface area contributed by atoms with Crippen LogP contribution in [0.1, 0.15) is 12.5 Å². The first-order valence-corrected chi connectivity index (χ1v) is 10.7. The van der Waals surface area contributed by atoms with E-state index in [1.807, 2.05) is 42.5 Å². The van der Waals surface area contributed by atoms with Gasteiger partial charge in [-0.05, 0) is 36.8 Å². The van der Waals surface area contributed by atoms with Crippen molar-refractivity contribution in [1.29, 1.82) is 0 Å². The number of esters is 1. The van der Waals surface area contributed by atoms with Gasteiger partial charge in [-0.25, -0.2) is 4.57 Å². The van der Waals surface area contributed by atoms with Crippen LogP contribution in [0.25, 0.3) is 0 Å². The summed E-state index contributed by atoms with van der Waals surface area (Å²) in [6.07, 6.45) is 0. The molecule has 3 aromatic carbocycles. The van der Waals surface area contributed by atoms with E-state index in [0.717, 1.165) is 5.56 Å². The Bertz CT molecular complexity index is 905. The van der Waals surface area contributed by atoms with Crippen LogP contribution in [0.15, 0.2) is 91.0 Å². The molecule has 0 amide bonds. The number of ether oxygens (including phenoxy) is 1. The van der Waals surface area contributed by atoms with Gasteiger partial charge in [-0.1, -0.05) is 66.7 Å². The van der Waals surface area contributed by atoms with Gasteiger partial charge in [0.2, 0.25) is 0 Å². The maximum atomic E-state index is 13.4. The molecule has 1 atom stereocenters. The molecule has 0 saturated heterocycles. The number of hydrogen-bond donors (Lipinski definition) is 1. The van der Waals surface area contributed by atoms with Gasteiger partial charge >= 0.3 is 13.7 Å². The highest BCUT2D eigenvalue weighted by atomic mass is 31.2. The second kappa shape index (κ2) is 9.92. The fourth-order valence-electron chi connectivity index (χ4n) is 2.46. The van der Waals surface area contributed by atoms with Gasteiger partial charge < -0.3 is 13.8 Å². The lowest BCUT2D eigenvalue weighted by atomic mass is 10.2. The number of benzene rings is 3. The minimum absolute atomic E-state index is 0.120. The van der Waals surface area contributed by atoms with Crippen LogP contribution >= 0.6 is 7.75 Å². The Kier molecular flexibility index (Phi) is 7.06. The minimum atomic E-state index is -3.92. The van der Waals surface area contributed by atoms with E-state index < -0.39 is 19.8 Å². The van der Waals surface area contributed by atoms with Crippen LogP contribution in [0.3, 0.4) is 0 Å². The minimum Gasteiger partial charge on any atom is -0.460 e. The number of para-hydroxylation sites is 2. The van der Waals surface area contributed by atoms with Gasteiger partial charge in [-0.2, -0.15) is 5.09 Å². The van der Waals surface area contributed by atoms with Gasteiger partial charge in [-0.15, -0.1) is 0 Å². The third-order valence-corrected chi connectivity index (χ3v) is 5.47. The van der Waals surface area contributed by atoms with E-state index in [-0.39, 0.29) is 6.61 Å². The molecule has 0 aliphatic rings. The van der Waals surface area contributed by atoms with Crippen LogP contribution in [-0.2, 0) is 20.7 Å². The van der Waals surface area contributed by atoms with Crippen molar-refractivity contribution < 1.29 is 23.1 Å². The second-order valence-corrected chi connectivity index (χ2v) is 7.87. The van der Waals surface area contributed by atoms with E-state index in [1.54, 1.807) is 55.5 Å². The monoisotopic (exact) mass is 411 g/mol. The maximum absolute atomic E-state index is 13.4. The number of nitrogens with one attached hydrogen (secondary N) is 1. The summed E-state index contributed by atoms with van der Waals surface area (Å²) in [4.78, 5) is 12.4. The molecule has 1 unspecified atom stereocenters. The first-order chi connectivity index (χ1) is 14.0. The average molecular weight is 411 g/mol. The van der Waals surface area contributed by atoms with E-state index in [0.29, 0.717) is 11.5 Å². The van der Waals surface area contributed by atoms with Gasteiger partial charge in [0.25, 0.3) is 0 Å². The first kappa shape index (κ1) is 20.6. The molecule has 0 bridgehead atoms. The fraction of sp³-hybridized carbons (Fsp3) is 0.136. The largest absolute Gasteiger partial charge is 0.513 e. The predicted octanol–water partition coefficient (Wildman–Crippen LogP) is 4.97. The number of rotatable bonds is 9. The molecule has 0 aliphatic carbocycles. The third kappa shape index (κ3) is 6.49. The molecule has 0 saturated carbocycles. The normalized spacial score (nSPS) is 12.0. The summed E-state index contributed by atoms with van der Waals surface area (Å²) in [5, 5.41) is 2.66. The molecular formula is C22H22NO5P. The Hall–Kier alpha value is -3.08. The molecule has 29 heavy (non-hydrogen) atoms. The fourth-order valence-corrected chi connectivity index (χ4v) is 3.98. The van der Waals surface area contributed by atoms with Crippen molar-refractivity contribution in [2.75, 3.05) is 0 Å². The summed E-state index contributed by atoms with van der Waals surface area (Å²) in [5.74, 6) is 0.135. The summed E-state index contributed by atoms with van der Waals surface area (Å²) < 4.78 is 29.9. The average Bonchev–Trinajstić information content (AvgIpc) is 2.74. The van der Waals surface area contributed by atoms with Gasteiger partial charge in [0.1, 0.15) is 24.1 Å². The zero-order valence-electron chi connectivity index (χ0n) is 15.9. The Morgan fingerprint density at radius 2 is 1.28 bits per heavy atom. The predicted molar refractivity (Wildman–Crippen MR) is 111 cm³/mol. The van der Waals surface area contributed by atoms with Crippen molar-refractivity contribution in [3.63, 3.8) is 0 Å². The van der Waals surface area contributed by atoms with Crippen LogP contribution in [0.2, 0.25) is 0 Å². The quantitative estimate of drug-likeness (QED) is 0.396. The first-order valence-electron chi connectivity index (χ1n) is 9.12. The Morgan fingerprint density at radius 1 is 0.828 bits per heavy atom. The molecule has 1 N–H and O–H groups in total.